The minimum atomic E-state index is -4.80. The highest BCUT2D eigenvalue weighted by Crippen LogP contribution is 2.41. The number of ether oxygens (including phenoxy) is 1. The molecule has 0 aromatic heterocycles. The van der Waals surface area contributed by atoms with Gasteiger partial charge in [-0.15, -0.1) is 0 Å². The van der Waals surface area contributed by atoms with Crippen molar-refractivity contribution in [2.75, 3.05) is 5.73 Å². The van der Waals surface area contributed by atoms with Crippen molar-refractivity contribution in [3.8, 4) is 11.5 Å². The van der Waals surface area contributed by atoms with Crippen LogP contribution in [0.2, 0.25) is 0 Å². The summed E-state index contributed by atoms with van der Waals surface area (Å²) in [7, 11) is 0. The van der Waals surface area contributed by atoms with Gasteiger partial charge in [0.05, 0.1) is 4.92 Å². The third-order valence-electron chi connectivity index (χ3n) is 4.90. The van der Waals surface area contributed by atoms with E-state index in [0.717, 1.165) is 23.3 Å². The Kier molecular flexibility index (Phi) is 5.43. The number of rotatable bonds is 5. The summed E-state index contributed by atoms with van der Waals surface area (Å²) in [5.74, 6) is -0.314. The Morgan fingerprint density at radius 1 is 0.933 bits per heavy atom. The van der Waals surface area contributed by atoms with Crippen LogP contribution < -0.4 is 10.5 Å². The molecule has 0 aliphatic heterocycles. The fourth-order valence-corrected chi connectivity index (χ4v) is 3.08. The lowest BCUT2D eigenvalue weighted by Gasteiger charge is -2.26. The Balaban J connectivity index is 1.98. The van der Waals surface area contributed by atoms with Crippen molar-refractivity contribution in [1.82, 2.24) is 0 Å². The SMILES string of the molecule is CC(C)(c1ccc(N)cc1)c1cccc(Oc2ccc([N+](=O)[O-])cc2C(F)(F)F)c1. The molecule has 0 fully saturated rings. The molecule has 0 bridgehead atoms. The molecule has 0 unspecified atom stereocenters. The molecule has 0 saturated heterocycles. The van der Waals surface area contributed by atoms with Crippen LogP contribution >= 0.6 is 0 Å². The number of benzene rings is 3. The quantitative estimate of drug-likeness (QED) is 0.300. The average Bonchev–Trinajstić information content (AvgIpc) is 2.68. The molecule has 0 radical (unpaired) electrons. The minimum absolute atomic E-state index is 0.190. The molecule has 3 aromatic rings. The van der Waals surface area contributed by atoms with Crippen LogP contribution in [0.4, 0.5) is 24.5 Å². The van der Waals surface area contributed by atoms with Gasteiger partial charge in [0.1, 0.15) is 17.1 Å². The van der Waals surface area contributed by atoms with Gasteiger partial charge in [-0.25, -0.2) is 0 Å². The zero-order valence-electron chi connectivity index (χ0n) is 16.2. The van der Waals surface area contributed by atoms with E-state index in [-0.39, 0.29) is 5.75 Å². The van der Waals surface area contributed by atoms with Gasteiger partial charge in [0.15, 0.2) is 0 Å². The number of nitrogen functional groups attached to an aromatic ring is 1. The Labute approximate surface area is 171 Å². The molecule has 5 nitrogen and oxygen atoms in total. The zero-order chi connectivity index (χ0) is 22.1. The molecule has 0 aliphatic rings. The van der Waals surface area contributed by atoms with Crippen molar-refractivity contribution in [3.63, 3.8) is 0 Å². The lowest BCUT2D eigenvalue weighted by atomic mass is 9.78. The predicted molar refractivity (Wildman–Crippen MR) is 108 cm³/mol. The largest absolute Gasteiger partial charge is 0.457 e. The van der Waals surface area contributed by atoms with E-state index in [4.69, 9.17) is 10.5 Å². The molecule has 3 rings (SSSR count). The molecule has 156 valence electrons. The number of non-ortho nitro benzene ring substituents is 1. The number of hydrogen-bond acceptors (Lipinski definition) is 4. The first-order valence-electron chi connectivity index (χ1n) is 8.98. The molecule has 3 aromatic carbocycles. The summed E-state index contributed by atoms with van der Waals surface area (Å²) in [5.41, 5.74) is 5.83. The summed E-state index contributed by atoms with van der Waals surface area (Å²) in [4.78, 5) is 9.97. The number of nitrogens with zero attached hydrogens (tertiary/aromatic N) is 1. The number of nitro benzene ring substituents is 1. The number of hydrogen-bond donors (Lipinski definition) is 1. The lowest BCUT2D eigenvalue weighted by Crippen LogP contribution is -2.18. The van der Waals surface area contributed by atoms with Crippen LogP contribution in [-0.4, -0.2) is 4.92 Å². The Bertz CT molecular complexity index is 1080. The van der Waals surface area contributed by atoms with Gasteiger partial charge in [0.2, 0.25) is 0 Å². The van der Waals surface area contributed by atoms with Crippen molar-refractivity contribution >= 4 is 11.4 Å². The summed E-state index contributed by atoms with van der Waals surface area (Å²) < 4.78 is 45.7. The van der Waals surface area contributed by atoms with E-state index in [9.17, 15) is 23.3 Å². The van der Waals surface area contributed by atoms with E-state index in [1.807, 2.05) is 32.0 Å². The number of alkyl halides is 3. The highest BCUT2D eigenvalue weighted by molar-refractivity contribution is 5.49. The lowest BCUT2D eigenvalue weighted by molar-refractivity contribution is -0.385. The summed E-state index contributed by atoms with van der Waals surface area (Å²) >= 11 is 0. The van der Waals surface area contributed by atoms with Gasteiger partial charge in [0.25, 0.3) is 5.69 Å². The molecule has 2 N–H and O–H groups in total. The van der Waals surface area contributed by atoms with Gasteiger partial charge in [-0.1, -0.05) is 38.1 Å². The van der Waals surface area contributed by atoms with Crippen LogP contribution in [-0.2, 0) is 11.6 Å². The van der Waals surface area contributed by atoms with Crippen LogP contribution in [0.25, 0.3) is 0 Å². The second-order valence-electron chi connectivity index (χ2n) is 7.31. The standard InChI is InChI=1S/C22H19F3N2O3/c1-21(2,14-6-8-16(26)9-7-14)15-4-3-5-18(12-15)30-20-11-10-17(27(28)29)13-19(20)22(23,24)25/h3-13H,26H2,1-2H3. The fraction of sp³-hybridized carbons (Fsp3) is 0.182. The molecule has 8 heteroatoms. The molecular formula is C22H19F3N2O3. The maximum Gasteiger partial charge on any atom is 0.420 e. The van der Waals surface area contributed by atoms with Crippen LogP contribution in [0.15, 0.2) is 66.7 Å². The second kappa shape index (κ2) is 7.70. The van der Waals surface area contributed by atoms with Crippen LogP contribution in [0.5, 0.6) is 11.5 Å². The monoisotopic (exact) mass is 416 g/mol. The summed E-state index contributed by atoms with van der Waals surface area (Å²) in [6.07, 6.45) is -4.80. The third kappa shape index (κ3) is 4.37. The van der Waals surface area contributed by atoms with Gasteiger partial charge in [0, 0.05) is 23.2 Å². The molecule has 0 spiro atoms. The first-order valence-corrected chi connectivity index (χ1v) is 8.98. The summed E-state index contributed by atoms with van der Waals surface area (Å²) in [6.45, 7) is 3.95. The normalized spacial score (nSPS) is 11.9. The van der Waals surface area contributed by atoms with E-state index >= 15 is 0 Å². The van der Waals surface area contributed by atoms with E-state index in [1.165, 1.54) is 6.07 Å². The van der Waals surface area contributed by atoms with Crippen LogP contribution in [0.3, 0.4) is 0 Å². The predicted octanol–water partition coefficient (Wildman–Crippen LogP) is 6.31. The van der Waals surface area contributed by atoms with Gasteiger partial charge in [-0.2, -0.15) is 13.2 Å². The van der Waals surface area contributed by atoms with Crippen molar-refractivity contribution < 1.29 is 22.8 Å². The van der Waals surface area contributed by atoms with Crippen molar-refractivity contribution in [3.05, 3.63) is 93.5 Å². The van der Waals surface area contributed by atoms with E-state index in [0.29, 0.717) is 11.8 Å². The first kappa shape index (κ1) is 21.2. The van der Waals surface area contributed by atoms with Gasteiger partial charge in [-0.3, -0.25) is 10.1 Å². The Morgan fingerprint density at radius 2 is 1.60 bits per heavy atom. The molecule has 0 saturated carbocycles. The fourth-order valence-electron chi connectivity index (χ4n) is 3.08. The summed E-state index contributed by atoms with van der Waals surface area (Å²) in [6, 6.07) is 16.5. The van der Waals surface area contributed by atoms with Gasteiger partial charge in [-0.05, 0) is 41.5 Å². The molecular weight excluding hydrogens is 397 g/mol. The minimum Gasteiger partial charge on any atom is -0.457 e. The van der Waals surface area contributed by atoms with E-state index < -0.39 is 33.5 Å². The van der Waals surface area contributed by atoms with Crippen molar-refractivity contribution in [1.29, 1.82) is 0 Å². The first-order chi connectivity index (χ1) is 14.0. The highest BCUT2D eigenvalue weighted by atomic mass is 19.4. The molecule has 30 heavy (non-hydrogen) atoms. The van der Waals surface area contributed by atoms with Gasteiger partial charge >= 0.3 is 6.18 Å². The maximum atomic E-state index is 13.4. The van der Waals surface area contributed by atoms with Crippen LogP contribution in [0, 0.1) is 10.1 Å². The van der Waals surface area contributed by atoms with Crippen molar-refractivity contribution in [2.45, 2.75) is 25.4 Å². The zero-order valence-corrected chi connectivity index (χ0v) is 16.2. The number of nitrogens with two attached hydrogens (primary N) is 1. The highest BCUT2D eigenvalue weighted by Gasteiger charge is 2.36. The average molecular weight is 416 g/mol. The topological polar surface area (TPSA) is 78.4 Å². The number of anilines is 1. The molecule has 0 amide bonds. The Morgan fingerprint density at radius 3 is 2.20 bits per heavy atom. The number of halogens is 3. The number of nitro groups is 1. The molecule has 0 heterocycles. The van der Waals surface area contributed by atoms with Gasteiger partial charge < -0.3 is 10.5 Å². The molecule has 0 atom stereocenters. The van der Waals surface area contributed by atoms with E-state index in [1.54, 1.807) is 24.3 Å². The molecule has 0 aliphatic carbocycles. The smallest absolute Gasteiger partial charge is 0.420 e. The second-order valence-corrected chi connectivity index (χ2v) is 7.31. The van der Waals surface area contributed by atoms with Crippen LogP contribution in [0.1, 0.15) is 30.5 Å². The van der Waals surface area contributed by atoms with E-state index in [2.05, 4.69) is 0 Å². The van der Waals surface area contributed by atoms with Crippen molar-refractivity contribution in [2.24, 2.45) is 0 Å². The third-order valence-corrected chi connectivity index (χ3v) is 4.90. The maximum absolute atomic E-state index is 13.4. The summed E-state index contributed by atoms with van der Waals surface area (Å²) in [5, 5.41) is 10.9. The Hall–Kier alpha value is -3.55.